The van der Waals surface area contributed by atoms with Crippen molar-refractivity contribution < 1.29 is 22.0 Å². The van der Waals surface area contributed by atoms with Crippen LogP contribution in [-0.4, -0.2) is 4.98 Å². The zero-order valence-electron chi connectivity index (χ0n) is 10.5. The number of halogens is 5. The number of nitrogens with two attached hydrogens (primary N) is 1. The van der Waals surface area contributed by atoms with Gasteiger partial charge in [-0.1, -0.05) is 12.1 Å². The van der Waals surface area contributed by atoms with Crippen LogP contribution in [-0.2, 0) is 6.18 Å². The van der Waals surface area contributed by atoms with Crippen molar-refractivity contribution in [3.63, 3.8) is 0 Å². The lowest BCUT2D eigenvalue weighted by molar-refractivity contribution is -0.137. The molecule has 0 radical (unpaired) electrons. The summed E-state index contributed by atoms with van der Waals surface area (Å²) in [6.07, 6.45) is -3.92. The summed E-state index contributed by atoms with van der Waals surface area (Å²) in [6.45, 7) is 0. The van der Waals surface area contributed by atoms with Gasteiger partial charge in [0.2, 0.25) is 0 Å². The largest absolute Gasteiger partial charge is 0.417 e. The monoisotopic (exact) mass is 303 g/mol. The molecule has 0 aliphatic carbocycles. The van der Waals surface area contributed by atoms with E-state index in [0.717, 1.165) is 18.2 Å². The minimum atomic E-state index is -4.53. The Labute approximate surface area is 116 Å². The van der Waals surface area contributed by atoms with Crippen LogP contribution in [0.5, 0.6) is 0 Å². The molecule has 21 heavy (non-hydrogen) atoms. The molecule has 1 atom stereocenters. The fourth-order valence-corrected chi connectivity index (χ4v) is 1.82. The van der Waals surface area contributed by atoms with Crippen LogP contribution in [0.2, 0.25) is 0 Å². The molecule has 0 aliphatic heterocycles. The number of pyridine rings is 1. The van der Waals surface area contributed by atoms with Crippen LogP contribution < -0.4 is 11.3 Å². The van der Waals surface area contributed by atoms with Gasteiger partial charge in [0.1, 0.15) is 0 Å². The Bertz CT molecular complexity index is 625. The number of hydrogen-bond donors (Lipinski definition) is 2. The molecule has 1 unspecified atom stereocenters. The lowest BCUT2D eigenvalue weighted by atomic mass is 10.0. The van der Waals surface area contributed by atoms with Gasteiger partial charge < -0.3 is 0 Å². The maximum absolute atomic E-state index is 13.7. The number of nitrogens with zero attached hydrogens (tertiary/aromatic N) is 1. The number of benzene rings is 1. The van der Waals surface area contributed by atoms with E-state index in [-0.39, 0.29) is 11.3 Å². The van der Waals surface area contributed by atoms with Gasteiger partial charge in [-0.25, -0.2) is 14.2 Å². The summed E-state index contributed by atoms with van der Waals surface area (Å²) in [6, 6.07) is 4.24. The average Bonchev–Trinajstić information content (AvgIpc) is 2.44. The van der Waals surface area contributed by atoms with Crippen LogP contribution in [0.4, 0.5) is 22.0 Å². The van der Waals surface area contributed by atoms with Gasteiger partial charge in [0.15, 0.2) is 11.6 Å². The van der Waals surface area contributed by atoms with Crippen molar-refractivity contribution in [2.24, 2.45) is 5.84 Å². The molecule has 2 rings (SSSR count). The van der Waals surface area contributed by atoms with Crippen molar-refractivity contribution in [2.75, 3.05) is 0 Å². The third-order valence-corrected chi connectivity index (χ3v) is 2.87. The summed E-state index contributed by atoms with van der Waals surface area (Å²) in [5.41, 5.74) is 1.16. The summed E-state index contributed by atoms with van der Waals surface area (Å²) in [7, 11) is 0. The summed E-state index contributed by atoms with van der Waals surface area (Å²) in [4.78, 5) is 3.61. The molecular weight excluding hydrogens is 293 g/mol. The van der Waals surface area contributed by atoms with Gasteiger partial charge in [0, 0.05) is 11.8 Å². The van der Waals surface area contributed by atoms with Crippen molar-refractivity contribution in [3.8, 4) is 0 Å². The van der Waals surface area contributed by atoms with E-state index in [1.165, 1.54) is 12.1 Å². The van der Waals surface area contributed by atoms with E-state index in [9.17, 15) is 22.0 Å². The molecular formula is C13H10F5N3. The van der Waals surface area contributed by atoms with Gasteiger partial charge >= 0.3 is 6.18 Å². The molecule has 0 amide bonds. The predicted molar refractivity (Wildman–Crippen MR) is 64.8 cm³/mol. The first-order chi connectivity index (χ1) is 9.84. The summed E-state index contributed by atoms with van der Waals surface area (Å²) in [5.74, 6) is 3.06. The second-order valence-electron chi connectivity index (χ2n) is 4.21. The molecule has 112 valence electrons. The Balaban J connectivity index is 2.40. The van der Waals surface area contributed by atoms with E-state index in [1.54, 1.807) is 0 Å². The quantitative estimate of drug-likeness (QED) is 0.521. The number of hydrogen-bond acceptors (Lipinski definition) is 3. The Kier molecular flexibility index (Phi) is 4.19. The van der Waals surface area contributed by atoms with E-state index >= 15 is 0 Å². The van der Waals surface area contributed by atoms with E-state index < -0.39 is 29.4 Å². The van der Waals surface area contributed by atoms with Gasteiger partial charge in [-0.2, -0.15) is 13.2 Å². The highest BCUT2D eigenvalue weighted by Crippen LogP contribution is 2.30. The van der Waals surface area contributed by atoms with Crippen LogP contribution >= 0.6 is 0 Å². The Hall–Kier alpha value is -2.06. The minimum Gasteiger partial charge on any atom is -0.271 e. The molecule has 0 saturated carbocycles. The van der Waals surface area contributed by atoms with Gasteiger partial charge in [0.05, 0.1) is 17.3 Å². The van der Waals surface area contributed by atoms with E-state index in [4.69, 9.17) is 5.84 Å². The van der Waals surface area contributed by atoms with Gasteiger partial charge in [-0.3, -0.25) is 10.8 Å². The number of aromatic nitrogens is 1. The standard InChI is InChI=1S/C13H10F5N3/c14-9-3-1-2-8(11(9)15)12(21-19)10-5-4-7(6-20-10)13(16,17)18/h1-6,12,21H,19H2. The second-order valence-corrected chi connectivity index (χ2v) is 4.21. The summed E-state index contributed by atoms with van der Waals surface area (Å²) in [5, 5.41) is 0. The van der Waals surface area contributed by atoms with Crippen LogP contribution in [0, 0.1) is 11.6 Å². The fourth-order valence-electron chi connectivity index (χ4n) is 1.82. The highest BCUT2D eigenvalue weighted by atomic mass is 19.4. The average molecular weight is 303 g/mol. The maximum atomic E-state index is 13.7. The molecule has 3 N–H and O–H groups in total. The van der Waals surface area contributed by atoms with Crippen LogP contribution in [0.15, 0.2) is 36.5 Å². The van der Waals surface area contributed by atoms with E-state index in [0.29, 0.717) is 6.20 Å². The normalized spacial score (nSPS) is 13.2. The lowest BCUT2D eigenvalue weighted by Gasteiger charge is -2.17. The molecule has 0 spiro atoms. The zero-order valence-corrected chi connectivity index (χ0v) is 10.5. The van der Waals surface area contributed by atoms with Crippen LogP contribution in [0.3, 0.4) is 0 Å². The van der Waals surface area contributed by atoms with Crippen molar-refractivity contribution in [3.05, 3.63) is 65.0 Å². The van der Waals surface area contributed by atoms with Crippen molar-refractivity contribution >= 4 is 0 Å². The molecule has 0 aliphatic rings. The number of alkyl halides is 3. The fraction of sp³-hybridized carbons (Fsp3) is 0.154. The van der Waals surface area contributed by atoms with Crippen molar-refractivity contribution in [1.82, 2.24) is 10.4 Å². The third-order valence-electron chi connectivity index (χ3n) is 2.87. The predicted octanol–water partition coefficient (Wildman–Crippen LogP) is 2.93. The van der Waals surface area contributed by atoms with E-state index in [1.807, 2.05) is 0 Å². The van der Waals surface area contributed by atoms with Crippen molar-refractivity contribution in [2.45, 2.75) is 12.2 Å². The Morgan fingerprint density at radius 1 is 1.10 bits per heavy atom. The second kappa shape index (κ2) is 5.74. The smallest absolute Gasteiger partial charge is 0.271 e. The molecule has 0 saturated heterocycles. The maximum Gasteiger partial charge on any atom is 0.417 e. The Morgan fingerprint density at radius 3 is 2.33 bits per heavy atom. The number of hydrazine groups is 1. The van der Waals surface area contributed by atoms with Gasteiger partial charge in [-0.15, -0.1) is 0 Å². The van der Waals surface area contributed by atoms with E-state index in [2.05, 4.69) is 10.4 Å². The van der Waals surface area contributed by atoms with Crippen LogP contribution in [0.1, 0.15) is 22.9 Å². The lowest BCUT2D eigenvalue weighted by Crippen LogP contribution is -2.30. The summed E-state index contributed by atoms with van der Waals surface area (Å²) >= 11 is 0. The number of nitrogens with one attached hydrogen (secondary N) is 1. The minimum absolute atomic E-state index is 0.0370. The first-order valence-corrected chi connectivity index (χ1v) is 5.77. The highest BCUT2D eigenvalue weighted by Gasteiger charge is 2.31. The molecule has 3 nitrogen and oxygen atoms in total. The highest BCUT2D eigenvalue weighted by molar-refractivity contribution is 5.30. The molecule has 1 aromatic heterocycles. The molecule has 0 fully saturated rings. The van der Waals surface area contributed by atoms with Gasteiger partial charge in [-0.05, 0) is 18.2 Å². The Morgan fingerprint density at radius 2 is 1.81 bits per heavy atom. The molecule has 8 heteroatoms. The molecule has 1 aromatic carbocycles. The summed E-state index contributed by atoms with van der Waals surface area (Å²) < 4.78 is 64.3. The van der Waals surface area contributed by atoms with Crippen LogP contribution in [0.25, 0.3) is 0 Å². The first kappa shape index (κ1) is 15.3. The zero-order chi connectivity index (χ0) is 15.6. The number of rotatable bonds is 3. The molecule has 0 bridgehead atoms. The van der Waals surface area contributed by atoms with Gasteiger partial charge in [0.25, 0.3) is 0 Å². The molecule has 1 heterocycles. The SMILES string of the molecule is NNC(c1ccc(C(F)(F)F)cn1)c1cccc(F)c1F. The van der Waals surface area contributed by atoms with Crippen molar-refractivity contribution in [1.29, 1.82) is 0 Å². The third kappa shape index (κ3) is 3.17. The molecule has 2 aromatic rings. The topological polar surface area (TPSA) is 50.9 Å². The first-order valence-electron chi connectivity index (χ1n) is 5.77.